The highest BCUT2D eigenvalue weighted by Gasteiger charge is 2.20. The van der Waals surface area contributed by atoms with E-state index in [-0.39, 0.29) is 13.7 Å². The van der Waals surface area contributed by atoms with Crippen LogP contribution in [0.3, 0.4) is 0 Å². The van der Waals surface area contributed by atoms with Gasteiger partial charge < -0.3 is 14.4 Å². The molecule has 0 radical (unpaired) electrons. The SMILES string of the molecule is CC.CP(CC(C)(C)C)OC(C)(C)C.Cc1cccc2[nH]cc(CCN(C)C)c12. The zero-order valence-electron chi connectivity index (χ0n) is 21.2. The smallest absolute Gasteiger partial charge is 0.0640 e. The third-order valence-corrected chi connectivity index (χ3v) is 6.20. The van der Waals surface area contributed by atoms with Crippen molar-refractivity contribution in [1.82, 2.24) is 9.88 Å². The number of H-pyrrole nitrogens is 1. The van der Waals surface area contributed by atoms with E-state index in [1.165, 1.54) is 28.2 Å². The van der Waals surface area contributed by atoms with Crippen LogP contribution in [-0.2, 0) is 10.9 Å². The van der Waals surface area contributed by atoms with Crippen LogP contribution in [0, 0.1) is 12.3 Å². The average Bonchev–Trinajstić information content (AvgIpc) is 2.96. The van der Waals surface area contributed by atoms with Crippen LogP contribution in [-0.4, -0.2) is 49.0 Å². The number of hydrogen-bond acceptors (Lipinski definition) is 2. The molecule has 0 aliphatic rings. The van der Waals surface area contributed by atoms with Gasteiger partial charge in [0.2, 0.25) is 0 Å². The predicted molar refractivity (Wildman–Crippen MR) is 135 cm³/mol. The molecule has 0 amide bonds. The summed E-state index contributed by atoms with van der Waals surface area (Å²) < 4.78 is 5.88. The van der Waals surface area contributed by atoms with Crippen molar-refractivity contribution in [2.45, 2.75) is 74.3 Å². The second-order valence-corrected chi connectivity index (χ2v) is 11.7. The third-order valence-electron chi connectivity index (χ3n) is 3.95. The molecule has 2 rings (SSSR count). The molecule has 1 atom stereocenters. The predicted octanol–water partition coefficient (Wildman–Crippen LogP) is 7.48. The number of nitrogens with zero attached hydrogens (tertiary/aromatic N) is 1. The first-order valence-electron chi connectivity index (χ1n) is 10.9. The summed E-state index contributed by atoms with van der Waals surface area (Å²) in [6.45, 7) is 22.6. The number of aromatic nitrogens is 1. The van der Waals surface area contributed by atoms with E-state index in [2.05, 4.69) is 104 Å². The topological polar surface area (TPSA) is 28.3 Å². The van der Waals surface area contributed by atoms with E-state index in [4.69, 9.17) is 4.52 Å². The van der Waals surface area contributed by atoms with Gasteiger partial charge in [-0.25, -0.2) is 0 Å². The minimum absolute atomic E-state index is 0.0195. The number of likely N-dealkylation sites (N-methyl/N-ethyl adjacent to an activating group) is 1. The van der Waals surface area contributed by atoms with Gasteiger partial charge in [-0.15, -0.1) is 0 Å². The van der Waals surface area contributed by atoms with Gasteiger partial charge in [-0.05, 0) is 83.6 Å². The van der Waals surface area contributed by atoms with Crippen molar-refractivity contribution in [1.29, 1.82) is 0 Å². The van der Waals surface area contributed by atoms with Crippen molar-refractivity contribution in [3.63, 3.8) is 0 Å². The van der Waals surface area contributed by atoms with Crippen LogP contribution in [0.5, 0.6) is 0 Å². The fraction of sp³-hybridized carbons (Fsp3) is 0.680. The molecule has 0 bridgehead atoms. The maximum Gasteiger partial charge on any atom is 0.0640 e. The lowest BCUT2D eigenvalue weighted by Crippen LogP contribution is -2.19. The molecule has 0 aliphatic heterocycles. The Hall–Kier alpha value is -0.890. The maximum atomic E-state index is 5.88. The number of benzene rings is 1. The lowest BCUT2D eigenvalue weighted by atomic mass is 10.0. The summed E-state index contributed by atoms with van der Waals surface area (Å²) in [4.78, 5) is 5.55. The van der Waals surface area contributed by atoms with E-state index in [0.717, 1.165) is 13.0 Å². The van der Waals surface area contributed by atoms with E-state index in [0.29, 0.717) is 5.41 Å². The second-order valence-electron chi connectivity index (χ2n) is 9.91. The van der Waals surface area contributed by atoms with Crippen molar-refractivity contribution >= 4 is 19.1 Å². The molecular formula is C25H47N2OP. The monoisotopic (exact) mass is 422 g/mol. The number of rotatable bonds is 5. The maximum absolute atomic E-state index is 5.88. The summed E-state index contributed by atoms with van der Waals surface area (Å²) in [6.07, 6.45) is 4.43. The zero-order valence-corrected chi connectivity index (χ0v) is 22.1. The summed E-state index contributed by atoms with van der Waals surface area (Å²) >= 11 is 0. The Kier molecular flexibility index (Phi) is 12.3. The van der Waals surface area contributed by atoms with E-state index in [1.54, 1.807) is 0 Å². The van der Waals surface area contributed by atoms with Gasteiger partial charge in [0, 0.05) is 31.8 Å². The zero-order chi connectivity index (χ0) is 22.8. The molecule has 1 aromatic carbocycles. The van der Waals surface area contributed by atoms with Crippen LogP contribution in [0.15, 0.2) is 24.4 Å². The van der Waals surface area contributed by atoms with Crippen molar-refractivity contribution in [3.05, 3.63) is 35.5 Å². The number of aryl methyl sites for hydroxylation is 1. The van der Waals surface area contributed by atoms with Gasteiger partial charge in [-0.1, -0.05) is 46.8 Å². The van der Waals surface area contributed by atoms with Crippen LogP contribution >= 0.6 is 8.15 Å². The quantitative estimate of drug-likeness (QED) is 0.506. The lowest BCUT2D eigenvalue weighted by Gasteiger charge is -2.29. The van der Waals surface area contributed by atoms with Gasteiger partial charge in [0.25, 0.3) is 0 Å². The van der Waals surface area contributed by atoms with E-state index in [1.807, 2.05) is 13.8 Å². The average molecular weight is 423 g/mol. The number of aromatic amines is 1. The van der Waals surface area contributed by atoms with Gasteiger partial charge in [0.15, 0.2) is 0 Å². The Labute approximate surface area is 182 Å². The molecule has 2 aromatic rings. The highest BCUT2D eigenvalue weighted by Crippen LogP contribution is 2.42. The van der Waals surface area contributed by atoms with Crippen LogP contribution in [0.2, 0.25) is 0 Å². The second kappa shape index (κ2) is 12.7. The van der Waals surface area contributed by atoms with Gasteiger partial charge in [0.05, 0.1) is 5.60 Å². The summed E-state index contributed by atoms with van der Waals surface area (Å²) in [7, 11) is 3.97. The van der Waals surface area contributed by atoms with Crippen LogP contribution in [0.1, 0.15) is 66.5 Å². The molecule has 3 nitrogen and oxygen atoms in total. The van der Waals surface area contributed by atoms with Crippen molar-refractivity contribution in [2.75, 3.05) is 33.5 Å². The van der Waals surface area contributed by atoms with Crippen LogP contribution in [0.25, 0.3) is 10.9 Å². The fourth-order valence-corrected chi connectivity index (χ4v) is 5.50. The lowest BCUT2D eigenvalue weighted by molar-refractivity contribution is 0.149. The Morgan fingerprint density at radius 2 is 1.62 bits per heavy atom. The van der Waals surface area contributed by atoms with E-state index < -0.39 is 0 Å². The minimum Gasteiger partial charge on any atom is -0.361 e. The summed E-state index contributed by atoms with van der Waals surface area (Å²) in [5, 5.41) is 1.40. The standard InChI is InChI=1S/C13H18N2.C10H23OP.C2H6/c1-10-5-4-6-12-13(10)11(9-14-12)7-8-15(2)3;1-9(2,3)8-12(7)11-10(4,5)6;1-2/h4-6,9,14H,7-8H2,1-3H3;8H2,1-7H3;1-2H3. The molecule has 1 aromatic heterocycles. The summed E-state index contributed by atoms with van der Waals surface area (Å²) in [6, 6.07) is 6.42. The summed E-state index contributed by atoms with van der Waals surface area (Å²) in [5.74, 6) is 0. The van der Waals surface area contributed by atoms with Crippen molar-refractivity contribution < 1.29 is 4.52 Å². The molecule has 0 fully saturated rings. The molecule has 168 valence electrons. The molecule has 4 heteroatoms. The minimum atomic E-state index is -0.257. The van der Waals surface area contributed by atoms with Gasteiger partial charge in [-0.3, -0.25) is 0 Å². The van der Waals surface area contributed by atoms with Crippen molar-refractivity contribution in [2.24, 2.45) is 5.41 Å². The Balaban J connectivity index is 0.000000512. The highest BCUT2D eigenvalue weighted by molar-refractivity contribution is 7.51. The Morgan fingerprint density at radius 1 is 1.03 bits per heavy atom. The summed E-state index contributed by atoms with van der Waals surface area (Å²) in [5.41, 5.74) is 4.46. The van der Waals surface area contributed by atoms with Crippen LogP contribution < -0.4 is 0 Å². The molecule has 0 spiro atoms. The molecule has 0 aliphatic carbocycles. The number of nitrogens with one attached hydrogen (secondary N) is 1. The van der Waals surface area contributed by atoms with E-state index >= 15 is 0 Å². The molecule has 0 saturated heterocycles. The van der Waals surface area contributed by atoms with Gasteiger partial charge in [-0.2, -0.15) is 0 Å². The normalized spacial score (nSPS) is 12.9. The Morgan fingerprint density at radius 3 is 2.10 bits per heavy atom. The molecular weight excluding hydrogens is 375 g/mol. The number of fused-ring (bicyclic) bond motifs is 1. The molecule has 0 saturated carbocycles. The third kappa shape index (κ3) is 12.4. The van der Waals surface area contributed by atoms with Crippen LogP contribution in [0.4, 0.5) is 0 Å². The first kappa shape index (κ1) is 28.1. The van der Waals surface area contributed by atoms with Gasteiger partial charge in [0.1, 0.15) is 0 Å². The highest BCUT2D eigenvalue weighted by atomic mass is 31.1. The number of hydrogen-bond donors (Lipinski definition) is 1. The Bertz CT molecular complexity index is 677. The van der Waals surface area contributed by atoms with Crippen molar-refractivity contribution in [3.8, 4) is 0 Å². The first-order valence-corrected chi connectivity index (χ1v) is 12.8. The molecule has 1 unspecified atom stereocenters. The first-order chi connectivity index (χ1) is 13.3. The van der Waals surface area contributed by atoms with Gasteiger partial charge >= 0.3 is 0 Å². The molecule has 1 heterocycles. The fourth-order valence-electron chi connectivity index (χ4n) is 3.16. The molecule has 29 heavy (non-hydrogen) atoms. The van der Waals surface area contributed by atoms with E-state index in [9.17, 15) is 0 Å². The molecule has 1 N–H and O–H groups in total. The largest absolute Gasteiger partial charge is 0.361 e.